The molecule has 2 nitrogen and oxygen atoms in total. The van der Waals surface area contributed by atoms with Crippen LogP contribution in [0.4, 0.5) is 0 Å². The van der Waals surface area contributed by atoms with Crippen molar-refractivity contribution in [2.75, 3.05) is 6.61 Å². The molecule has 2 N–H and O–H groups in total. The van der Waals surface area contributed by atoms with E-state index in [0.29, 0.717) is 11.3 Å². The first-order chi connectivity index (χ1) is 7.89. The van der Waals surface area contributed by atoms with Gasteiger partial charge in [-0.1, -0.05) is 19.1 Å². The molecule has 0 aromatic rings. The Bertz CT molecular complexity index is 308. The van der Waals surface area contributed by atoms with Crippen LogP contribution < -0.4 is 0 Å². The third-order valence-corrected chi connectivity index (χ3v) is 5.36. The van der Waals surface area contributed by atoms with Crippen molar-refractivity contribution in [3.05, 3.63) is 12.2 Å². The van der Waals surface area contributed by atoms with Gasteiger partial charge >= 0.3 is 0 Å². The lowest BCUT2D eigenvalue weighted by Gasteiger charge is -2.51. The van der Waals surface area contributed by atoms with E-state index in [9.17, 15) is 10.2 Å². The van der Waals surface area contributed by atoms with E-state index in [0.717, 1.165) is 25.7 Å². The smallest absolute Gasteiger partial charge is 0.0877 e. The molecular weight excluding hydrogens is 212 g/mol. The quantitative estimate of drug-likeness (QED) is 0.726. The number of rotatable bonds is 2. The Labute approximate surface area is 105 Å². The molecule has 2 heteroatoms. The van der Waals surface area contributed by atoms with E-state index in [1.54, 1.807) is 6.92 Å². The van der Waals surface area contributed by atoms with Crippen molar-refractivity contribution in [3.63, 3.8) is 0 Å². The van der Waals surface area contributed by atoms with Crippen LogP contribution in [-0.2, 0) is 0 Å². The zero-order valence-electron chi connectivity index (χ0n) is 11.2. The predicted molar refractivity (Wildman–Crippen MR) is 69.6 cm³/mol. The van der Waals surface area contributed by atoms with Gasteiger partial charge in [0, 0.05) is 0 Å². The summed E-state index contributed by atoms with van der Waals surface area (Å²) >= 11 is 0. The maximum atomic E-state index is 10.2. The summed E-state index contributed by atoms with van der Waals surface area (Å²) in [6.07, 6.45) is 6.92. The van der Waals surface area contributed by atoms with Gasteiger partial charge < -0.3 is 10.2 Å². The molecule has 0 aliphatic heterocycles. The summed E-state index contributed by atoms with van der Waals surface area (Å²) in [6.45, 7) is 8.26. The summed E-state index contributed by atoms with van der Waals surface area (Å²) in [5.41, 5.74) is 0.855. The van der Waals surface area contributed by atoms with E-state index in [2.05, 4.69) is 13.5 Å². The molecule has 0 radical (unpaired) electrons. The second kappa shape index (κ2) is 4.40. The highest BCUT2D eigenvalue weighted by molar-refractivity contribution is 5.13. The van der Waals surface area contributed by atoms with Crippen molar-refractivity contribution in [2.45, 2.75) is 58.0 Å². The van der Waals surface area contributed by atoms with Crippen LogP contribution in [0.15, 0.2) is 12.2 Å². The second-order valence-electron chi connectivity index (χ2n) is 6.71. The largest absolute Gasteiger partial charge is 0.393 e. The third-order valence-electron chi connectivity index (χ3n) is 5.36. The van der Waals surface area contributed by atoms with Gasteiger partial charge in [0.1, 0.15) is 0 Å². The van der Waals surface area contributed by atoms with Crippen LogP contribution in [0, 0.1) is 17.3 Å². The molecule has 2 aliphatic carbocycles. The zero-order chi connectivity index (χ0) is 12.7. The van der Waals surface area contributed by atoms with Crippen molar-refractivity contribution in [1.29, 1.82) is 0 Å². The molecule has 0 heterocycles. The van der Waals surface area contributed by atoms with Gasteiger partial charge in [-0.25, -0.2) is 0 Å². The molecule has 0 aromatic heterocycles. The van der Waals surface area contributed by atoms with Crippen LogP contribution in [0.5, 0.6) is 0 Å². The van der Waals surface area contributed by atoms with Gasteiger partial charge in [-0.3, -0.25) is 0 Å². The Balaban J connectivity index is 2.14. The van der Waals surface area contributed by atoms with Crippen LogP contribution in [0.2, 0.25) is 0 Å². The number of hydrogen-bond donors (Lipinski definition) is 2. The average Bonchev–Trinajstić information content (AvgIpc) is 2.28. The van der Waals surface area contributed by atoms with Crippen molar-refractivity contribution in [3.8, 4) is 0 Å². The maximum Gasteiger partial charge on any atom is 0.0877 e. The van der Waals surface area contributed by atoms with Crippen LogP contribution in [0.25, 0.3) is 0 Å². The van der Waals surface area contributed by atoms with Crippen LogP contribution in [-0.4, -0.2) is 22.4 Å². The summed E-state index contributed by atoms with van der Waals surface area (Å²) in [7, 11) is 0. The number of allylic oxidation sites excluding steroid dienone is 1. The Morgan fingerprint density at radius 3 is 2.82 bits per heavy atom. The molecule has 98 valence electrons. The van der Waals surface area contributed by atoms with Gasteiger partial charge in [0.05, 0.1) is 12.2 Å². The molecule has 2 aliphatic rings. The Hall–Kier alpha value is -0.340. The molecule has 2 rings (SSSR count). The van der Waals surface area contributed by atoms with Gasteiger partial charge in [-0.2, -0.15) is 0 Å². The first-order valence-electron chi connectivity index (χ1n) is 6.90. The molecule has 2 fully saturated rings. The van der Waals surface area contributed by atoms with Crippen molar-refractivity contribution in [1.82, 2.24) is 0 Å². The Kier molecular flexibility index (Phi) is 3.39. The van der Waals surface area contributed by atoms with E-state index in [-0.39, 0.29) is 12.5 Å². The first kappa shape index (κ1) is 13.1. The van der Waals surface area contributed by atoms with Gasteiger partial charge in [0.15, 0.2) is 0 Å². The van der Waals surface area contributed by atoms with E-state index in [4.69, 9.17) is 0 Å². The number of hydrogen-bond acceptors (Lipinski definition) is 2. The standard InChI is InChI=1S/C15H26O2/c1-11-5-4-7-14(2)8-6-12(9-13(11)14)15(3,17)10-16/h12-13,16-17H,1,4-10H2,2-3H3/t12-,13-,14+,15+/m0/s1. The second-order valence-corrected chi connectivity index (χ2v) is 6.71. The summed E-state index contributed by atoms with van der Waals surface area (Å²) in [4.78, 5) is 0. The Morgan fingerprint density at radius 2 is 2.18 bits per heavy atom. The van der Waals surface area contributed by atoms with Gasteiger partial charge in [0.25, 0.3) is 0 Å². The fourth-order valence-corrected chi connectivity index (χ4v) is 3.91. The molecule has 0 amide bonds. The molecule has 2 saturated carbocycles. The highest BCUT2D eigenvalue weighted by Gasteiger charge is 2.46. The molecule has 4 atom stereocenters. The zero-order valence-corrected chi connectivity index (χ0v) is 11.2. The van der Waals surface area contributed by atoms with E-state index >= 15 is 0 Å². The summed E-state index contributed by atoms with van der Waals surface area (Å²) in [6, 6.07) is 0. The minimum atomic E-state index is -0.918. The molecule has 0 bridgehead atoms. The molecule has 0 saturated heterocycles. The van der Waals surface area contributed by atoms with Crippen molar-refractivity contribution >= 4 is 0 Å². The highest BCUT2D eigenvalue weighted by atomic mass is 16.3. The summed E-state index contributed by atoms with van der Waals surface area (Å²) < 4.78 is 0. The van der Waals surface area contributed by atoms with Crippen LogP contribution in [0.1, 0.15) is 52.4 Å². The lowest BCUT2D eigenvalue weighted by atomic mass is 9.55. The SMILES string of the molecule is C=C1CCC[C@]2(C)CC[C@H]([C@](C)(O)CO)C[C@@H]12. The van der Waals surface area contributed by atoms with E-state index in [1.807, 2.05) is 0 Å². The number of aliphatic hydroxyl groups excluding tert-OH is 1. The molecule has 0 spiro atoms. The lowest BCUT2D eigenvalue weighted by molar-refractivity contribution is -0.0821. The lowest BCUT2D eigenvalue weighted by Crippen LogP contribution is -2.46. The summed E-state index contributed by atoms with van der Waals surface area (Å²) in [5.74, 6) is 0.772. The molecule has 0 aromatic carbocycles. The maximum absolute atomic E-state index is 10.2. The summed E-state index contributed by atoms with van der Waals surface area (Å²) in [5, 5.41) is 19.5. The fraction of sp³-hybridized carbons (Fsp3) is 0.867. The van der Waals surface area contributed by atoms with Crippen LogP contribution in [0.3, 0.4) is 0 Å². The normalized spacial score (nSPS) is 41.8. The highest BCUT2D eigenvalue weighted by Crippen LogP contribution is 2.54. The Morgan fingerprint density at radius 1 is 1.47 bits per heavy atom. The topological polar surface area (TPSA) is 40.5 Å². The minimum Gasteiger partial charge on any atom is -0.393 e. The molecule has 0 unspecified atom stereocenters. The molecular formula is C15H26O2. The average molecular weight is 238 g/mol. The number of fused-ring (bicyclic) bond motifs is 1. The number of aliphatic hydroxyl groups is 2. The van der Waals surface area contributed by atoms with E-state index in [1.165, 1.54) is 18.4 Å². The minimum absolute atomic E-state index is 0.131. The predicted octanol–water partition coefficient (Wildman–Crippen LogP) is 2.89. The van der Waals surface area contributed by atoms with Crippen molar-refractivity contribution < 1.29 is 10.2 Å². The van der Waals surface area contributed by atoms with Crippen LogP contribution >= 0.6 is 0 Å². The third kappa shape index (κ3) is 2.30. The molecule has 17 heavy (non-hydrogen) atoms. The van der Waals surface area contributed by atoms with Gasteiger partial charge in [0.2, 0.25) is 0 Å². The van der Waals surface area contributed by atoms with Gasteiger partial charge in [-0.05, 0) is 62.7 Å². The first-order valence-corrected chi connectivity index (χ1v) is 6.90. The van der Waals surface area contributed by atoms with Gasteiger partial charge in [-0.15, -0.1) is 0 Å². The van der Waals surface area contributed by atoms with E-state index < -0.39 is 5.60 Å². The monoisotopic (exact) mass is 238 g/mol. The van der Waals surface area contributed by atoms with Crippen molar-refractivity contribution in [2.24, 2.45) is 17.3 Å². The fourth-order valence-electron chi connectivity index (χ4n) is 3.91.